The second-order valence-corrected chi connectivity index (χ2v) is 2.02. The molecule has 11 heavy (non-hydrogen) atoms. The van der Waals surface area contributed by atoms with Crippen LogP contribution in [-0.2, 0) is 14.3 Å². The highest BCUT2D eigenvalue weighted by atomic mass is 16.6. The number of aliphatic hydroxyl groups is 1. The molecule has 0 rings (SSSR count). The molecule has 0 saturated carbocycles. The van der Waals surface area contributed by atoms with Crippen molar-refractivity contribution in [3.63, 3.8) is 0 Å². The van der Waals surface area contributed by atoms with E-state index in [1.54, 1.807) is 6.92 Å². The number of amides is 1. The molecule has 2 N–H and O–H groups in total. The molecule has 0 heterocycles. The fraction of sp³-hybridized carbons (Fsp3) is 0.667. The average Bonchev–Trinajstić information content (AvgIpc) is 2.00. The second kappa shape index (κ2) is 5.67. The van der Waals surface area contributed by atoms with Gasteiger partial charge in [-0.15, -0.1) is 0 Å². The first kappa shape index (κ1) is 9.90. The molecule has 1 unspecified atom stereocenters. The van der Waals surface area contributed by atoms with Gasteiger partial charge < -0.3 is 15.2 Å². The summed E-state index contributed by atoms with van der Waals surface area (Å²) in [4.78, 5) is 20.5. The van der Waals surface area contributed by atoms with Gasteiger partial charge in [-0.25, -0.2) is 0 Å². The summed E-state index contributed by atoms with van der Waals surface area (Å²) in [6.07, 6.45) is 0.503. The molecule has 5 nitrogen and oxygen atoms in total. The third-order valence-corrected chi connectivity index (χ3v) is 1.12. The van der Waals surface area contributed by atoms with Crippen molar-refractivity contribution in [3.8, 4) is 0 Å². The van der Waals surface area contributed by atoms with Gasteiger partial charge in [0.15, 0.2) is 6.79 Å². The van der Waals surface area contributed by atoms with Gasteiger partial charge in [0.25, 0.3) is 0 Å². The van der Waals surface area contributed by atoms with Crippen molar-refractivity contribution in [1.82, 2.24) is 5.32 Å². The zero-order valence-electron chi connectivity index (χ0n) is 6.24. The maximum atomic E-state index is 10.7. The fourth-order valence-corrected chi connectivity index (χ4v) is 0.514. The van der Waals surface area contributed by atoms with Crippen LogP contribution >= 0.6 is 0 Å². The van der Waals surface area contributed by atoms with E-state index in [1.165, 1.54) is 0 Å². The lowest BCUT2D eigenvalue weighted by Crippen LogP contribution is -2.27. The van der Waals surface area contributed by atoms with Crippen LogP contribution in [0.5, 0.6) is 0 Å². The van der Waals surface area contributed by atoms with Crippen LogP contribution in [0.2, 0.25) is 0 Å². The summed E-state index contributed by atoms with van der Waals surface area (Å²) in [5.74, 6) is -0.950. The molecule has 1 amide bonds. The minimum atomic E-state index is -0.621. The number of nitrogens with one attached hydrogen (secondary N) is 1. The van der Waals surface area contributed by atoms with E-state index in [1.807, 2.05) is 0 Å². The number of hydrogen-bond acceptors (Lipinski definition) is 4. The molecular weight excluding hydrogens is 150 g/mol. The van der Waals surface area contributed by atoms with Gasteiger partial charge >= 0.3 is 5.97 Å². The summed E-state index contributed by atoms with van der Waals surface area (Å²) in [6, 6.07) is 0. The maximum Gasteiger partial charge on any atom is 0.312 e. The zero-order chi connectivity index (χ0) is 8.69. The lowest BCUT2D eigenvalue weighted by molar-refractivity contribution is -0.155. The fourth-order valence-electron chi connectivity index (χ4n) is 0.514. The van der Waals surface area contributed by atoms with Crippen LogP contribution < -0.4 is 5.32 Å². The minimum Gasteiger partial charge on any atom is -0.438 e. The first-order chi connectivity index (χ1) is 5.22. The molecule has 0 aromatic heterocycles. The Morgan fingerprint density at radius 2 is 2.45 bits per heavy atom. The highest BCUT2D eigenvalue weighted by Crippen LogP contribution is 1.94. The number of ether oxygens (including phenoxy) is 1. The van der Waals surface area contributed by atoms with Crippen molar-refractivity contribution in [1.29, 1.82) is 0 Å². The summed E-state index contributed by atoms with van der Waals surface area (Å²) in [5.41, 5.74) is 0. The highest BCUT2D eigenvalue weighted by molar-refractivity contribution is 5.72. The van der Waals surface area contributed by atoms with Gasteiger partial charge in [-0.05, 0) is 0 Å². The normalized spacial score (nSPS) is 11.8. The minimum absolute atomic E-state index is 0.225. The smallest absolute Gasteiger partial charge is 0.312 e. The third-order valence-electron chi connectivity index (χ3n) is 1.12. The van der Waals surface area contributed by atoms with Gasteiger partial charge in [0.05, 0.1) is 5.92 Å². The quantitative estimate of drug-likeness (QED) is 0.303. The Morgan fingerprint density at radius 3 is 2.91 bits per heavy atom. The number of esters is 1. The molecule has 0 radical (unpaired) electrons. The van der Waals surface area contributed by atoms with Gasteiger partial charge in [-0.1, -0.05) is 6.92 Å². The number of rotatable bonds is 5. The van der Waals surface area contributed by atoms with Crippen LogP contribution in [0.3, 0.4) is 0 Å². The molecule has 0 saturated heterocycles. The number of carbonyl (C=O) groups excluding carboxylic acids is 2. The highest BCUT2D eigenvalue weighted by Gasteiger charge is 2.12. The molecule has 5 heteroatoms. The Hall–Kier alpha value is -1.10. The first-order valence-corrected chi connectivity index (χ1v) is 3.17. The Balaban J connectivity index is 3.54. The van der Waals surface area contributed by atoms with E-state index in [0.29, 0.717) is 6.41 Å². The van der Waals surface area contributed by atoms with E-state index in [9.17, 15) is 9.59 Å². The summed E-state index contributed by atoms with van der Waals surface area (Å²) in [7, 11) is 0. The summed E-state index contributed by atoms with van der Waals surface area (Å²) >= 11 is 0. The summed E-state index contributed by atoms with van der Waals surface area (Å²) in [6.45, 7) is 1.20. The molecule has 1 atom stereocenters. The molecular formula is C6H11NO4. The Kier molecular flexibility index (Phi) is 5.10. The number of carbonyl (C=O) groups is 2. The second-order valence-electron chi connectivity index (χ2n) is 2.02. The lowest BCUT2D eigenvalue weighted by atomic mass is 10.2. The van der Waals surface area contributed by atoms with E-state index >= 15 is 0 Å². The number of hydrogen-bond donors (Lipinski definition) is 2. The van der Waals surface area contributed by atoms with Crippen molar-refractivity contribution >= 4 is 12.4 Å². The topological polar surface area (TPSA) is 75.6 Å². The average molecular weight is 161 g/mol. The van der Waals surface area contributed by atoms with Crippen molar-refractivity contribution in [2.24, 2.45) is 5.92 Å². The standard InChI is InChI=1S/C6H11NO4/c1-5(2-7-3-8)6(10)11-4-9/h3,5,9H,2,4H2,1H3,(H,7,8). The molecule has 0 aliphatic carbocycles. The SMILES string of the molecule is CC(CNC=O)C(=O)OCO. The molecule has 0 aliphatic rings. The van der Waals surface area contributed by atoms with Gasteiger partial charge in [0.2, 0.25) is 6.41 Å². The first-order valence-electron chi connectivity index (χ1n) is 3.17. The van der Waals surface area contributed by atoms with Crippen LogP contribution in [0.25, 0.3) is 0 Å². The third kappa shape index (κ3) is 4.32. The predicted molar refractivity (Wildman–Crippen MR) is 36.4 cm³/mol. The van der Waals surface area contributed by atoms with Gasteiger partial charge in [-0.3, -0.25) is 9.59 Å². The van der Waals surface area contributed by atoms with Gasteiger partial charge in [0, 0.05) is 6.54 Å². The van der Waals surface area contributed by atoms with Crippen LogP contribution in [0.1, 0.15) is 6.92 Å². The largest absolute Gasteiger partial charge is 0.438 e. The Labute approximate surface area is 64.3 Å². The van der Waals surface area contributed by atoms with Crippen LogP contribution in [0, 0.1) is 5.92 Å². The van der Waals surface area contributed by atoms with Gasteiger partial charge in [0.1, 0.15) is 0 Å². The molecule has 0 aromatic carbocycles. The van der Waals surface area contributed by atoms with Crippen molar-refractivity contribution in [2.45, 2.75) is 6.92 Å². The van der Waals surface area contributed by atoms with Crippen LogP contribution in [-0.4, -0.2) is 30.8 Å². The monoisotopic (exact) mass is 161 g/mol. The summed E-state index contributed by atoms with van der Waals surface area (Å²) < 4.78 is 4.26. The van der Waals surface area contributed by atoms with Crippen molar-refractivity contribution in [2.75, 3.05) is 13.3 Å². The maximum absolute atomic E-state index is 10.7. The summed E-state index contributed by atoms with van der Waals surface area (Å²) in [5, 5.41) is 10.5. The van der Waals surface area contributed by atoms with Crippen molar-refractivity contribution in [3.05, 3.63) is 0 Å². The van der Waals surface area contributed by atoms with E-state index in [4.69, 9.17) is 5.11 Å². The molecule has 0 bridgehead atoms. The van der Waals surface area contributed by atoms with Crippen LogP contribution in [0.15, 0.2) is 0 Å². The molecule has 0 spiro atoms. The lowest BCUT2D eigenvalue weighted by Gasteiger charge is -2.07. The van der Waals surface area contributed by atoms with E-state index in [-0.39, 0.29) is 6.54 Å². The molecule has 0 aliphatic heterocycles. The van der Waals surface area contributed by atoms with Crippen molar-refractivity contribution < 1.29 is 19.4 Å². The Bertz CT molecular complexity index is 137. The number of aliphatic hydroxyl groups excluding tert-OH is 1. The van der Waals surface area contributed by atoms with E-state index in [0.717, 1.165) is 0 Å². The molecule has 64 valence electrons. The van der Waals surface area contributed by atoms with Crippen LogP contribution in [0.4, 0.5) is 0 Å². The zero-order valence-corrected chi connectivity index (χ0v) is 6.24. The predicted octanol–water partition coefficient (Wildman–Crippen LogP) is -1.14. The van der Waals surface area contributed by atoms with E-state index in [2.05, 4.69) is 10.1 Å². The molecule has 0 fully saturated rings. The Morgan fingerprint density at radius 1 is 1.82 bits per heavy atom. The van der Waals surface area contributed by atoms with Gasteiger partial charge in [-0.2, -0.15) is 0 Å². The van der Waals surface area contributed by atoms with E-state index < -0.39 is 18.7 Å². The molecule has 0 aromatic rings.